The molecule has 2 unspecified atom stereocenters. The topological polar surface area (TPSA) is 24.9 Å². The van der Waals surface area contributed by atoms with Crippen LogP contribution in [-0.4, -0.2) is 11.0 Å². The Bertz CT molecular complexity index is 828. The van der Waals surface area contributed by atoms with Gasteiger partial charge in [-0.3, -0.25) is 4.98 Å². The lowest BCUT2D eigenvalue weighted by molar-refractivity contribution is 0.480. The molecule has 1 heterocycles. The van der Waals surface area contributed by atoms with E-state index in [2.05, 4.69) is 71.8 Å². The number of benzene rings is 2. The predicted octanol–water partition coefficient (Wildman–Crippen LogP) is 5.30. The van der Waals surface area contributed by atoms with E-state index in [4.69, 9.17) is 0 Å². The van der Waals surface area contributed by atoms with Crippen LogP contribution in [0, 0.1) is 5.92 Å². The number of fused-ring (bicyclic) bond motifs is 1. The third kappa shape index (κ3) is 4.08. The lowest BCUT2D eigenvalue weighted by Crippen LogP contribution is -2.25. The highest BCUT2D eigenvalue weighted by Crippen LogP contribution is 2.50. The molecular weight excluding hydrogens is 304 g/mol. The monoisotopic (exact) mass is 330 g/mol. The van der Waals surface area contributed by atoms with Crippen LogP contribution in [0.2, 0.25) is 0 Å². The van der Waals surface area contributed by atoms with Gasteiger partial charge in [-0.05, 0) is 66.7 Å². The molecule has 2 nitrogen and oxygen atoms in total. The van der Waals surface area contributed by atoms with Crippen LogP contribution in [-0.2, 0) is 6.54 Å². The van der Waals surface area contributed by atoms with Crippen LogP contribution in [0.15, 0.2) is 67.0 Å². The fourth-order valence-electron chi connectivity index (χ4n) is 3.78. The summed E-state index contributed by atoms with van der Waals surface area (Å²) < 4.78 is 0. The molecule has 0 spiro atoms. The van der Waals surface area contributed by atoms with Gasteiger partial charge in [0.2, 0.25) is 0 Å². The van der Waals surface area contributed by atoms with Crippen molar-refractivity contribution < 1.29 is 0 Å². The number of hydrogen-bond donors (Lipinski definition) is 1. The van der Waals surface area contributed by atoms with Crippen molar-refractivity contribution in [3.05, 3.63) is 78.1 Å². The summed E-state index contributed by atoms with van der Waals surface area (Å²) in [6.07, 6.45) is 7.74. The molecule has 1 saturated carbocycles. The zero-order chi connectivity index (χ0) is 17.1. The first kappa shape index (κ1) is 16.3. The molecule has 2 aromatic carbocycles. The normalized spacial score (nSPS) is 20.5. The van der Waals surface area contributed by atoms with Gasteiger partial charge in [0.15, 0.2) is 0 Å². The smallest absolute Gasteiger partial charge is 0.0346 e. The molecule has 128 valence electrons. The van der Waals surface area contributed by atoms with E-state index in [0.717, 1.165) is 18.4 Å². The number of nitrogens with one attached hydrogen (secondary N) is 1. The Hall–Kier alpha value is -2.19. The second kappa shape index (κ2) is 7.37. The second-order valence-electron chi connectivity index (χ2n) is 7.43. The second-order valence-corrected chi connectivity index (χ2v) is 7.43. The molecule has 3 aromatic rings. The molecule has 0 saturated heterocycles. The maximum atomic E-state index is 4.18. The zero-order valence-corrected chi connectivity index (χ0v) is 14.9. The van der Waals surface area contributed by atoms with Crippen LogP contribution >= 0.6 is 0 Å². The number of rotatable bonds is 7. The van der Waals surface area contributed by atoms with Crippen molar-refractivity contribution >= 4 is 10.8 Å². The number of aromatic nitrogens is 1. The first-order chi connectivity index (χ1) is 12.3. The van der Waals surface area contributed by atoms with E-state index >= 15 is 0 Å². The summed E-state index contributed by atoms with van der Waals surface area (Å²) >= 11 is 0. The molecule has 0 aliphatic heterocycles. The molecule has 4 rings (SSSR count). The minimum atomic E-state index is 0.560. The predicted molar refractivity (Wildman–Crippen MR) is 105 cm³/mol. The first-order valence-corrected chi connectivity index (χ1v) is 9.40. The van der Waals surface area contributed by atoms with Crippen LogP contribution in [0.1, 0.15) is 43.2 Å². The van der Waals surface area contributed by atoms with Gasteiger partial charge in [0.1, 0.15) is 0 Å². The summed E-state index contributed by atoms with van der Waals surface area (Å²) in [5.74, 6) is 1.70. The Balaban J connectivity index is 1.23. The van der Waals surface area contributed by atoms with Crippen molar-refractivity contribution in [3.8, 4) is 0 Å². The highest BCUT2D eigenvalue weighted by molar-refractivity contribution is 5.81. The quantitative estimate of drug-likeness (QED) is 0.636. The fourth-order valence-corrected chi connectivity index (χ4v) is 3.78. The summed E-state index contributed by atoms with van der Waals surface area (Å²) in [4.78, 5) is 4.18. The first-order valence-electron chi connectivity index (χ1n) is 9.40. The van der Waals surface area contributed by atoms with Gasteiger partial charge in [0.05, 0.1) is 0 Å². The molecule has 0 bridgehead atoms. The minimum absolute atomic E-state index is 0.560. The van der Waals surface area contributed by atoms with Gasteiger partial charge >= 0.3 is 0 Å². The highest BCUT2D eigenvalue weighted by atomic mass is 14.9. The van der Waals surface area contributed by atoms with Gasteiger partial charge in [-0.15, -0.1) is 0 Å². The largest absolute Gasteiger partial charge is 0.310 e. The molecule has 3 atom stereocenters. The fraction of sp³-hybridized carbons (Fsp3) is 0.348. The van der Waals surface area contributed by atoms with Crippen LogP contribution < -0.4 is 5.32 Å². The third-order valence-electron chi connectivity index (χ3n) is 5.48. The molecule has 1 fully saturated rings. The molecule has 0 radical (unpaired) electrons. The molecule has 1 aliphatic carbocycles. The number of pyridine rings is 1. The lowest BCUT2D eigenvalue weighted by Gasteiger charge is -2.14. The average Bonchev–Trinajstić information content (AvgIpc) is 3.45. The number of nitrogens with zero attached hydrogens (tertiary/aromatic N) is 1. The van der Waals surface area contributed by atoms with Crippen molar-refractivity contribution in [1.82, 2.24) is 10.3 Å². The van der Waals surface area contributed by atoms with Crippen molar-refractivity contribution in [2.45, 2.75) is 44.7 Å². The maximum Gasteiger partial charge on any atom is 0.0346 e. The Morgan fingerprint density at radius 3 is 2.84 bits per heavy atom. The Morgan fingerprint density at radius 1 is 1.08 bits per heavy atom. The van der Waals surface area contributed by atoms with Crippen LogP contribution in [0.5, 0.6) is 0 Å². The van der Waals surface area contributed by atoms with Crippen LogP contribution in [0.3, 0.4) is 0 Å². The molecule has 1 aliphatic rings. The Kier molecular flexibility index (Phi) is 4.80. The van der Waals surface area contributed by atoms with Gasteiger partial charge in [0, 0.05) is 30.4 Å². The Labute approximate surface area is 150 Å². The molecule has 25 heavy (non-hydrogen) atoms. The molecule has 0 amide bonds. The summed E-state index contributed by atoms with van der Waals surface area (Å²) in [6, 6.07) is 20.3. The van der Waals surface area contributed by atoms with E-state index in [1.807, 2.05) is 12.4 Å². The van der Waals surface area contributed by atoms with E-state index in [0.29, 0.717) is 6.04 Å². The minimum Gasteiger partial charge on any atom is -0.310 e. The van der Waals surface area contributed by atoms with Crippen molar-refractivity contribution in [2.24, 2.45) is 5.92 Å². The maximum absolute atomic E-state index is 4.18. The Morgan fingerprint density at radius 2 is 1.96 bits per heavy atom. The zero-order valence-electron chi connectivity index (χ0n) is 14.9. The van der Waals surface area contributed by atoms with Crippen molar-refractivity contribution in [2.75, 3.05) is 0 Å². The van der Waals surface area contributed by atoms with Gasteiger partial charge in [-0.25, -0.2) is 0 Å². The van der Waals surface area contributed by atoms with E-state index in [1.54, 1.807) is 0 Å². The molecular formula is C23H26N2. The average molecular weight is 330 g/mol. The summed E-state index contributed by atoms with van der Waals surface area (Å²) in [5, 5.41) is 6.16. The number of hydrogen-bond acceptors (Lipinski definition) is 2. The van der Waals surface area contributed by atoms with Gasteiger partial charge in [-0.2, -0.15) is 0 Å². The SMILES string of the molecule is C[C@H](CCC1CC1c1ccccc1)NCc1ccc2cnccc2c1. The van der Waals surface area contributed by atoms with E-state index in [-0.39, 0.29) is 0 Å². The van der Waals surface area contributed by atoms with Gasteiger partial charge in [0.25, 0.3) is 0 Å². The van der Waals surface area contributed by atoms with Crippen LogP contribution in [0.4, 0.5) is 0 Å². The third-order valence-corrected chi connectivity index (χ3v) is 5.48. The molecule has 1 aromatic heterocycles. The van der Waals surface area contributed by atoms with E-state index in [9.17, 15) is 0 Å². The highest BCUT2D eigenvalue weighted by Gasteiger charge is 2.37. The molecule has 2 heteroatoms. The molecule has 1 N–H and O–H groups in total. The van der Waals surface area contributed by atoms with E-state index in [1.165, 1.54) is 41.2 Å². The van der Waals surface area contributed by atoms with Gasteiger partial charge < -0.3 is 5.32 Å². The summed E-state index contributed by atoms with van der Waals surface area (Å²) in [6.45, 7) is 3.25. The van der Waals surface area contributed by atoms with E-state index < -0.39 is 0 Å². The van der Waals surface area contributed by atoms with Gasteiger partial charge in [-0.1, -0.05) is 42.5 Å². The standard InChI is InChI=1S/C23H26N2/c1-17(7-9-21-14-23(21)19-5-3-2-4-6-19)25-15-18-8-10-22-16-24-12-11-20(22)13-18/h2-6,8,10-13,16-17,21,23,25H,7,9,14-15H2,1H3/t17-,21?,23?/m1/s1. The lowest BCUT2D eigenvalue weighted by atomic mass is 10.0. The summed E-state index contributed by atoms with van der Waals surface area (Å²) in [5.41, 5.74) is 2.87. The van der Waals surface area contributed by atoms with Crippen molar-refractivity contribution in [1.29, 1.82) is 0 Å². The summed E-state index contributed by atoms with van der Waals surface area (Å²) in [7, 11) is 0. The van der Waals surface area contributed by atoms with Crippen LogP contribution in [0.25, 0.3) is 10.8 Å². The van der Waals surface area contributed by atoms with Crippen molar-refractivity contribution in [3.63, 3.8) is 0 Å².